The SMILES string of the molecule is OCCOCc1cccc(Cc2ccccc2)c1. The predicted molar refractivity (Wildman–Crippen MR) is 72.4 cm³/mol. The second kappa shape index (κ2) is 6.94. The molecule has 0 atom stereocenters. The van der Waals surface area contributed by atoms with E-state index in [1.54, 1.807) is 0 Å². The van der Waals surface area contributed by atoms with Crippen LogP contribution in [0.3, 0.4) is 0 Å². The molecular formula is C16H18O2. The Hall–Kier alpha value is -1.64. The molecular weight excluding hydrogens is 224 g/mol. The molecule has 1 N–H and O–H groups in total. The van der Waals surface area contributed by atoms with E-state index in [1.807, 2.05) is 12.1 Å². The van der Waals surface area contributed by atoms with Crippen molar-refractivity contribution in [3.8, 4) is 0 Å². The fraction of sp³-hybridized carbons (Fsp3) is 0.250. The van der Waals surface area contributed by atoms with Crippen LogP contribution in [0.2, 0.25) is 0 Å². The van der Waals surface area contributed by atoms with Crippen LogP contribution in [0.25, 0.3) is 0 Å². The smallest absolute Gasteiger partial charge is 0.0718 e. The molecule has 18 heavy (non-hydrogen) atoms. The summed E-state index contributed by atoms with van der Waals surface area (Å²) >= 11 is 0. The van der Waals surface area contributed by atoms with Gasteiger partial charge in [-0.2, -0.15) is 0 Å². The summed E-state index contributed by atoms with van der Waals surface area (Å²) < 4.78 is 5.32. The molecule has 2 nitrogen and oxygen atoms in total. The van der Waals surface area contributed by atoms with Gasteiger partial charge in [-0.25, -0.2) is 0 Å². The lowest BCUT2D eigenvalue weighted by Gasteiger charge is -2.06. The van der Waals surface area contributed by atoms with Gasteiger partial charge < -0.3 is 9.84 Å². The number of benzene rings is 2. The lowest BCUT2D eigenvalue weighted by Crippen LogP contribution is -1.99. The average Bonchev–Trinajstić information content (AvgIpc) is 2.41. The summed E-state index contributed by atoms with van der Waals surface area (Å²) in [5.41, 5.74) is 3.74. The Morgan fingerprint density at radius 2 is 1.56 bits per heavy atom. The van der Waals surface area contributed by atoms with Crippen molar-refractivity contribution in [3.05, 3.63) is 71.3 Å². The molecule has 0 aliphatic heterocycles. The van der Waals surface area contributed by atoms with Gasteiger partial charge in [0, 0.05) is 0 Å². The molecule has 2 aromatic rings. The van der Waals surface area contributed by atoms with E-state index in [-0.39, 0.29) is 6.61 Å². The third kappa shape index (κ3) is 3.99. The summed E-state index contributed by atoms with van der Waals surface area (Å²) in [5.74, 6) is 0. The fourth-order valence-electron chi connectivity index (χ4n) is 1.92. The molecule has 0 bridgehead atoms. The topological polar surface area (TPSA) is 29.5 Å². The first-order valence-corrected chi connectivity index (χ1v) is 6.19. The molecule has 94 valence electrons. The fourth-order valence-corrected chi connectivity index (χ4v) is 1.92. The first-order chi connectivity index (χ1) is 8.88. The van der Waals surface area contributed by atoms with Crippen molar-refractivity contribution in [2.45, 2.75) is 13.0 Å². The molecule has 2 rings (SSSR count). The highest BCUT2D eigenvalue weighted by Crippen LogP contribution is 2.12. The Bertz CT molecular complexity index is 466. The molecule has 0 spiro atoms. The van der Waals surface area contributed by atoms with Gasteiger partial charge in [0.05, 0.1) is 19.8 Å². The normalized spacial score (nSPS) is 10.5. The van der Waals surface area contributed by atoms with E-state index in [0.717, 1.165) is 12.0 Å². The highest BCUT2D eigenvalue weighted by molar-refractivity contribution is 5.29. The van der Waals surface area contributed by atoms with Crippen LogP contribution >= 0.6 is 0 Å². The van der Waals surface area contributed by atoms with Crippen LogP contribution in [0.1, 0.15) is 16.7 Å². The summed E-state index contributed by atoms with van der Waals surface area (Å²) in [5, 5.41) is 8.67. The van der Waals surface area contributed by atoms with Gasteiger partial charge in [-0.05, 0) is 23.1 Å². The Kier molecular flexibility index (Phi) is 4.94. The number of aliphatic hydroxyl groups is 1. The van der Waals surface area contributed by atoms with Crippen molar-refractivity contribution in [2.75, 3.05) is 13.2 Å². The molecule has 2 aromatic carbocycles. The van der Waals surface area contributed by atoms with Crippen LogP contribution in [-0.4, -0.2) is 18.3 Å². The van der Waals surface area contributed by atoms with Crippen LogP contribution in [0.5, 0.6) is 0 Å². The molecule has 0 unspecified atom stereocenters. The van der Waals surface area contributed by atoms with Crippen molar-refractivity contribution >= 4 is 0 Å². The maximum Gasteiger partial charge on any atom is 0.0718 e. The predicted octanol–water partition coefficient (Wildman–Crippen LogP) is 2.79. The number of ether oxygens (including phenoxy) is 1. The quantitative estimate of drug-likeness (QED) is 0.789. The number of aliphatic hydroxyl groups excluding tert-OH is 1. The van der Waals surface area contributed by atoms with Crippen molar-refractivity contribution < 1.29 is 9.84 Å². The largest absolute Gasteiger partial charge is 0.394 e. The molecule has 0 aliphatic carbocycles. The lowest BCUT2D eigenvalue weighted by molar-refractivity contribution is 0.0815. The van der Waals surface area contributed by atoms with Gasteiger partial charge >= 0.3 is 0 Å². The summed E-state index contributed by atoms with van der Waals surface area (Å²) in [7, 11) is 0. The standard InChI is InChI=1S/C16H18O2/c17-9-10-18-13-16-8-4-7-15(12-16)11-14-5-2-1-3-6-14/h1-8,12,17H,9-11,13H2. The van der Waals surface area contributed by atoms with Crippen molar-refractivity contribution in [3.63, 3.8) is 0 Å². The summed E-state index contributed by atoms with van der Waals surface area (Å²) in [4.78, 5) is 0. The third-order valence-electron chi connectivity index (χ3n) is 2.75. The molecule has 0 aliphatic rings. The van der Waals surface area contributed by atoms with E-state index in [1.165, 1.54) is 11.1 Å². The van der Waals surface area contributed by atoms with Gasteiger partial charge in [0.2, 0.25) is 0 Å². The van der Waals surface area contributed by atoms with Gasteiger partial charge in [-0.15, -0.1) is 0 Å². The second-order valence-electron chi connectivity index (χ2n) is 4.26. The number of hydrogen-bond donors (Lipinski definition) is 1. The zero-order valence-corrected chi connectivity index (χ0v) is 10.4. The van der Waals surface area contributed by atoms with Crippen LogP contribution in [0.15, 0.2) is 54.6 Å². The van der Waals surface area contributed by atoms with E-state index in [9.17, 15) is 0 Å². The zero-order valence-electron chi connectivity index (χ0n) is 10.4. The molecule has 0 fully saturated rings. The highest BCUT2D eigenvalue weighted by atomic mass is 16.5. The van der Waals surface area contributed by atoms with Crippen molar-refractivity contribution in [2.24, 2.45) is 0 Å². The molecule has 0 radical (unpaired) electrons. The maximum absolute atomic E-state index is 8.67. The van der Waals surface area contributed by atoms with Crippen molar-refractivity contribution in [1.29, 1.82) is 0 Å². The first kappa shape index (κ1) is 12.8. The highest BCUT2D eigenvalue weighted by Gasteiger charge is 1.98. The van der Waals surface area contributed by atoms with E-state index in [4.69, 9.17) is 9.84 Å². The minimum Gasteiger partial charge on any atom is -0.394 e. The number of hydrogen-bond acceptors (Lipinski definition) is 2. The van der Waals surface area contributed by atoms with Crippen LogP contribution in [0, 0.1) is 0 Å². The lowest BCUT2D eigenvalue weighted by atomic mass is 10.0. The van der Waals surface area contributed by atoms with E-state index < -0.39 is 0 Å². The monoisotopic (exact) mass is 242 g/mol. The molecule has 2 heteroatoms. The van der Waals surface area contributed by atoms with Crippen molar-refractivity contribution in [1.82, 2.24) is 0 Å². The molecule has 0 aromatic heterocycles. The zero-order chi connectivity index (χ0) is 12.6. The second-order valence-corrected chi connectivity index (χ2v) is 4.26. The maximum atomic E-state index is 8.67. The van der Waals surface area contributed by atoms with E-state index in [2.05, 4.69) is 42.5 Å². The average molecular weight is 242 g/mol. The van der Waals surface area contributed by atoms with Crippen LogP contribution < -0.4 is 0 Å². The van der Waals surface area contributed by atoms with Gasteiger partial charge in [0.25, 0.3) is 0 Å². The van der Waals surface area contributed by atoms with Gasteiger partial charge in [-0.1, -0.05) is 54.6 Å². The number of rotatable bonds is 6. The van der Waals surface area contributed by atoms with Gasteiger partial charge in [0.15, 0.2) is 0 Å². The van der Waals surface area contributed by atoms with E-state index >= 15 is 0 Å². The van der Waals surface area contributed by atoms with Gasteiger partial charge in [0.1, 0.15) is 0 Å². The van der Waals surface area contributed by atoms with E-state index in [0.29, 0.717) is 13.2 Å². The summed E-state index contributed by atoms with van der Waals surface area (Å²) in [6, 6.07) is 18.8. The van der Waals surface area contributed by atoms with Gasteiger partial charge in [-0.3, -0.25) is 0 Å². The third-order valence-corrected chi connectivity index (χ3v) is 2.75. The molecule has 0 amide bonds. The molecule has 0 saturated carbocycles. The Morgan fingerprint density at radius 1 is 0.833 bits per heavy atom. The Labute approximate surface area is 108 Å². The van der Waals surface area contributed by atoms with Crippen LogP contribution in [-0.2, 0) is 17.8 Å². The minimum atomic E-state index is 0.0731. The summed E-state index contributed by atoms with van der Waals surface area (Å²) in [6.07, 6.45) is 0.939. The van der Waals surface area contributed by atoms with Crippen LogP contribution in [0.4, 0.5) is 0 Å². The summed E-state index contributed by atoms with van der Waals surface area (Å²) in [6.45, 7) is 1.02. The molecule has 0 heterocycles. The Balaban J connectivity index is 1.99. The molecule has 0 saturated heterocycles. The first-order valence-electron chi connectivity index (χ1n) is 6.19. The Morgan fingerprint density at radius 3 is 2.33 bits per heavy atom. The minimum absolute atomic E-state index is 0.0731.